The number of benzene rings is 1. The molecule has 0 unspecified atom stereocenters. The van der Waals surface area contributed by atoms with Gasteiger partial charge in [-0.3, -0.25) is 20.4 Å². The molecule has 0 heterocycles. The Kier molecular flexibility index (Phi) is 6.39. The molecule has 21 heavy (non-hydrogen) atoms. The number of carbonyl (C=O) groups excluding carboxylic acids is 3. The summed E-state index contributed by atoms with van der Waals surface area (Å²) in [4.78, 5) is 33.3. The van der Waals surface area contributed by atoms with Gasteiger partial charge in [-0.1, -0.05) is 26.0 Å². The Morgan fingerprint density at radius 1 is 1.05 bits per heavy atom. The van der Waals surface area contributed by atoms with E-state index in [0.29, 0.717) is 11.5 Å². The van der Waals surface area contributed by atoms with E-state index < -0.39 is 17.8 Å². The van der Waals surface area contributed by atoms with Crippen LogP contribution in [0.5, 0.6) is 0 Å². The topological polar surface area (TPSA) is 98.3 Å². The maximum Gasteiger partial charge on any atom is 0.269 e. The third-order valence-corrected chi connectivity index (χ3v) is 2.94. The summed E-state index contributed by atoms with van der Waals surface area (Å²) in [7, 11) is 0. The molecule has 1 rings (SSSR count). The second-order valence-corrected chi connectivity index (χ2v) is 5.00. The third kappa shape index (κ3) is 6.07. The zero-order valence-corrected chi connectivity index (χ0v) is 12.1. The van der Waals surface area contributed by atoms with Gasteiger partial charge in [-0.25, -0.2) is 0 Å². The molecule has 2 amide bonds. The van der Waals surface area contributed by atoms with E-state index in [1.165, 1.54) is 0 Å². The fraction of sp³-hybridized carbons (Fsp3) is 0.400. The van der Waals surface area contributed by atoms with E-state index in [9.17, 15) is 19.5 Å². The molecule has 6 heteroatoms. The first-order chi connectivity index (χ1) is 9.90. The second kappa shape index (κ2) is 8.04. The van der Waals surface area contributed by atoms with Crippen molar-refractivity contribution < 1.29 is 19.5 Å². The van der Waals surface area contributed by atoms with Crippen molar-refractivity contribution in [1.82, 2.24) is 10.9 Å². The van der Waals surface area contributed by atoms with Gasteiger partial charge < -0.3 is 9.90 Å². The van der Waals surface area contributed by atoms with Crippen LogP contribution in [0.15, 0.2) is 24.3 Å². The summed E-state index contributed by atoms with van der Waals surface area (Å²) in [6, 6.07) is 7.10. The highest BCUT2D eigenvalue weighted by molar-refractivity contribution is 5.95. The molecule has 0 fully saturated rings. The molecule has 0 aromatic heterocycles. The van der Waals surface area contributed by atoms with Crippen molar-refractivity contribution in [2.75, 3.05) is 0 Å². The highest BCUT2D eigenvalue weighted by atomic mass is 16.4. The van der Waals surface area contributed by atoms with Gasteiger partial charge in [0.2, 0.25) is 5.91 Å². The molecule has 1 aromatic carbocycles. The molecule has 2 N–H and O–H groups in total. The number of hydrogen-bond donors (Lipinski definition) is 2. The summed E-state index contributed by atoms with van der Waals surface area (Å²) >= 11 is 0. The van der Waals surface area contributed by atoms with Crippen molar-refractivity contribution in [3.8, 4) is 0 Å². The van der Waals surface area contributed by atoms with Crippen LogP contribution < -0.4 is 16.0 Å². The minimum Gasteiger partial charge on any atom is -0.550 e. The summed E-state index contributed by atoms with van der Waals surface area (Å²) < 4.78 is 0. The highest BCUT2D eigenvalue weighted by Gasteiger charge is 2.08. The molecule has 0 saturated heterocycles. The predicted molar refractivity (Wildman–Crippen MR) is 75.0 cm³/mol. The number of hydrogen-bond acceptors (Lipinski definition) is 4. The maximum absolute atomic E-state index is 11.8. The monoisotopic (exact) mass is 291 g/mol. The fourth-order valence-electron chi connectivity index (χ4n) is 1.67. The second-order valence-electron chi connectivity index (χ2n) is 5.00. The van der Waals surface area contributed by atoms with Crippen molar-refractivity contribution in [2.45, 2.75) is 39.0 Å². The molecular formula is C15H19N2O4-. The van der Waals surface area contributed by atoms with Crippen molar-refractivity contribution in [3.05, 3.63) is 35.4 Å². The van der Waals surface area contributed by atoms with E-state index in [4.69, 9.17) is 0 Å². The average Bonchev–Trinajstić information content (AvgIpc) is 2.44. The molecule has 0 aliphatic carbocycles. The average molecular weight is 291 g/mol. The lowest BCUT2D eigenvalue weighted by Crippen LogP contribution is -2.41. The van der Waals surface area contributed by atoms with E-state index in [-0.39, 0.29) is 19.3 Å². The Balaban J connectivity index is 2.39. The predicted octanol–water partition coefficient (Wildman–Crippen LogP) is 0.491. The first-order valence-electron chi connectivity index (χ1n) is 6.79. The number of aliphatic carboxylic acids is 1. The van der Waals surface area contributed by atoms with Crippen molar-refractivity contribution in [1.29, 1.82) is 0 Å². The number of carboxylic acids is 1. The number of rotatable bonds is 6. The standard InChI is InChI=1S/C15H20N2O4/c1-10(2)11-6-8-12(9-7-11)15(21)17-16-13(18)4-3-5-14(19)20/h6-10H,3-5H2,1-2H3,(H,16,18)(H,17,21)(H,19,20)/p-1. The number of nitrogens with one attached hydrogen (secondary N) is 2. The van der Waals surface area contributed by atoms with Crippen molar-refractivity contribution in [3.63, 3.8) is 0 Å². The van der Waals surface area contributed by atoms with Crippen LogP contribution in [0.1, 0.15) is 54.9 Å². The van der Waals surface area contributed by atoms with E-state index in [2.05, 4.69) is 24.7 Å². The fourth-order valence-corrected chi connectivity index (χ4v) is 1.67. The lowest BCUT2D eigenvalue weighted by atomic mass is 10.0. The van der Waals surface area contributed by atoms with Crippen LogP contribution in [0.25, 0.3) is 0 Å². The van der Waals surface area contributed by atoms with Gasteiger partial charge in [0, 0.05) is 18.0 Å². The molecule has 0 aliphatic heterocycles. The van der Waals surface area contributed by atoms with E-state index in [1.807, 2.05) is 12.1 Å². The molecule has 1 aromatic rings. The lowest BCUT2D eigenvalue weighted by molar-refractivity contribution is -0.305. The van der Waals surface area contributed by atoms with Gasteiger partial charge >= 0.3 is 0 Å². The van der Waals surface area contributed by atoms with Crippen LogP contribution >= 0.6 is 0 Å². The Hall–Kier alpha value is -2.37. The number of carbonyl (C=O) groups is 3. The Labute approximate surface area is 123 Å². The van der Waals surface area contributed by atoms with Crippen LogP contribution in [0.2, 0.25) is 0 Å². The quantitative estimate of drug-likeness (QED) is 0.745. The van der Waals surface area contributed by atoms with Crippen LogP contribution in [0, 0.1) is 0 Å². The van der Waals surface area contributed by atoms with Gasteiger partial charge in [0.05, 0.1) is 0 Å². The zero-order valence-electron chi connectivity index (χ0n) is 12.1. The summed E-state index contributed by atoms with van der Waals surface area (Å²) in [5.74, 6) is -1.68. The summed E-state index contributed by atoms with van der Waals surface area (Å²) in [5.41, 5.74) is 6.09. The first-order valence-corrected chi connectivity index (χ1v) is 6.79. The van der Waals surface area contributed by atoms with Gasteiger partial charge in [0.1, 0.15) is 0 Å². The Bertz CT molecular complexity index is 509. The van der Waals surface area contributed by atoms with Gasteiger partial charge in [-0.2, -0.15) is 0 Å². The number of hydrazine groups is 1. The van der Waals surface area contributed by atoms with Gasteiger partial charge in [0.25, 0.3) is 5.91 Å². The van der Waals surface area contributed by atoms with Crippen molar-refractivity contribution >= 4 is 17.8 Å². The van der Waals surface area contributed by atoms with Crippen LogP contribution in [-0.2, 0) is 9.59 Å². The molecule has 0 saturated carbocycles. The van der Waals surface area contributed by atoms with Gasteiger partial charge in [-0.15, -0.1) is 0 Å². The van der Waals surface area contributed by atoms with Crippen LogP contribution in [0.4, 0.5) is 0 Å². The van der Waals surface area contributed by atoms with Crippen LogP contribution in [-0.4, -0.2) is 17.8 Å². The molecule has 0 radical (unpaired) electrons. The van der Waals surface area contributed by atoms with Gasteiger partial charge in [0.15, 0.2) is 0 Å². The van der Waals surface area contributed by atoms with E-state index >= 15 is 0 Å². The molecular weight excluding hydrogens is 272 g/mol. The minimum atomic E-state index is -1.20. The Morgan fingerprint density at radius 3 is 2.19 bits per heavy atom. The molecule has 0 aliphatic rings. The molecule has 0 spiro atoms. The summed E-state index contributed by atoms with van der Waals surface area (Å²) in [6.45, 7) is 4.11. The number of carboxylic acid groups (broad SMARTS) is 1. The molecule has 0 bridgehead atoms. The molecule has 114 valence electrons. The van der Waals surface area contributed by atoms with E-state index in [1.54, 1.807) is 12.1 Å². The third-order valence-electron chi connectivity index (χ3n) is 2.94. The Morgan fingerprint density at radius 2 is 1.67 bits per heavy atom. The SMILES string of the molecule is CC(C)c1ccc(C(=O)NNC(=O)CCCC(=O)[O-])cc1. The van der Waals surface area contributed by atoms with Gasteiger partial charge in [-0.05, 0) is 36.5 Å². The zero-order chi connectivity index (χ0) is 15.8. The molecule has 0 atom stereocenters. The minimum absolute atomic E-state index is 0.0144. The smallest absolute Gasteiger partial charge is 0.269 e. The lowest BCUT2D eigenvalue weighted by Gasteiger charge is -2.09. The van der Waals surface area contributed by atoms with Crippen LogP contribution in [0.3, 0.4) is 0 Å². The summed E-state index contributed by atoms with van der Waals surface area (Å²) in [5, 5.41) is 10.2. The normalized spacial score (nSPS) is 10.2. The maximum atomic E-state index is 11.8. The highest BCUT2D eigenvalue weighted by Crippen LogP contribution is 2.14. The summed E-state index contributed by atoms with van der Waals surface area (Å²) in [6.07, 6.45) is 0.00566. The largest absolute Gasteiger partial charge is 0.550 e. The number of amides is 2. The van der Waals surface area contributed by atoms with E-state index in [0.717, 1.165) is 5.56 Å². The first kappa shape index (κ1) is 16.7. The molecule has 6 nitrogen and oxygen atoms in total. The van der Waals surface area contributed by atoms with Crippen molar-refractivity contribution in [2.24, 2.45) is 0 Å².